The number of amides is 1. The first-order valence-electron chi connectivity index (χ1n) is 8.43. The largest absolute Gasteiger partial charge is 0.338 e. The van der Waals surface area contributed by atoms with Crippen molar-refractivity contribution in [3.63, 3.8) is 0 Å². The van der Waals surface area contributed by atoms with Crippen molar-refractivity contribution in [3.8, 4) is 0 Å². The molecule has 3 rings (SSSR count). The second kappa shape index (κ2) is 7.38. The van der Waals surface area contributed by atoms with Crippen LogP contribution < -0.4 is 0 Å². The summed E-state index contributed by atoms with van der Waals surface area (Å²) in [4.78, 5) is 14.6. The highest BCUT2D eigenvalue weighted by Gasteiger charge is 2.26. The molecule has 2 aromatic rings. The summed E-state index contributed by atoms with van der Waals surface area (Å²) in [5.74, 6) is 0.528. The Bertz CT molecular complexity index is 713. The van der Waals surface area contributed by atoms with Crippen molar-refractivity contribution < 1.29 is 4.79 Å². The number of fused-ring (bicyclic) bond motifs is 1. The first-order chi connectivity index (χ1) is 11.6. The molecule has 0 bridgehead atoms. The van der Waals surface area contributed by atoms with Crippen molar-refractivity contribution in [1.82, 2.24) is 19.7 Å². The lowest BCUT2D eigenvalue weighted by atomic mass is 9.87. The predicted molar refractivity (Wildman–Crippen MR) is 96.0 cm³/mol. The van der Waals surface area contributed by atoms with Gasteiger partial charge in [0.2, 0.25) is 5.91 Å². The Labute approximate surface area is 147 Å². The molecule has 1 aromatic carbocycles. The van der Waals surface area contributed by atoms with Gasteiger partial charge in [-0.3, -0.25) is 4.79 Å². The zero-order valence-electron chi connectivity index (χ0n) is 14.5. The van der Waals surface area contributed by atoms with E-state index in [2.05, 4.69) is 48.3 Å². The first-order valence-corrected chi connectivity index (χ1v) is 9.42. The average molecular weight is 344 g/mol. The number of carbonyl (C=O) groups is 1. The van der Waals surface area contributed by atoms with Crippen LogP contribution in [0.3, 0.4) is 0 Å². The van der Waals surface area contributed by atoms with Gasteiger partial charge in [-0.15, -0.1) is 10.2 Å². The second-order valence-electron chi connectivity index (χ2n) is 6.51. The van der Waals surface area contributed by atoms with Crippen LogP contribution in [0.1, 0.15) is 49.9 Å². The lowest BCUT2D eigenvalue weighted by Gasteiger charge is -2.33. The van der Waals surface area contributed by atoms with E-state index in [0.29, 0.717) is 11.8 Å². The van der Waals surface area contributed by atoms with Crippen LogP contribution in [0.5, 0.6) is 0 Å². The molecule has 1 unspecified atom stereocenters. The smallest absolute Gasteiger partial charge is 0.233 e. The third kappa shape index (κ3) is 3.48. The van der Waals surface area contributed by atoms with Crippen molar-refractivity contribution in [3.05, 3.63) is 41.7 Å². The van der Waals surface area contributed by atoms with Gasteiger partial charge in [-0.2, -0.15) is 0 Å². The Kier molecular flexibility index (Phi) is 5.23. The van der Waals surface area contributed by atoms with Gasteiger partial charge < -0.3 is 9.47 Å². The first kappa shape index (κ1) is 17.0. The molecular weight excluding hydrogens is 320 g/mol. The lowest BCUT2D eigenvalue weighted by Crippen LogP contribution is -2.34. The van der Waals surface area contributed by atoms with Crippen LogP contribution in [-0.4, -0.2) is 38.4 Å². The van der Waals surface area contributed by atoms with Crippen molar-refractivity contribution in [2.45, 2.75) is 50.4 Å². The third-order valence-electron chi connectivity index (χ3n) is 4.62. The van der Waals surface area contributed by atoms with E-state index in [4.69, 9.17) is 0 Å². The number of aryl methyl sites for hydroxylation is 1. The van der Waals surface area contributed by atoms with Gasteiger partial charge in [0, 0.05) is 13.1 Å². The summed E-state index contributed by atoms with van der Waals surface area (Å²) in [7, 11) is 1.92. The highest BCUT2D eigenvalue weighted by Crippen LogP contribution is 2.34. The van der Waals surface area contributed by atoms with Crippen LogP contribution in [-0.2, 0) is 11.2 Å². The molecule has 1 amide bonds. The number of hydrogen-bond donors (Lipinski definition) is 0. The maximum Gasteiger partial charge on any atom is 0.233 e. The summed E-state index contributed by atoms with van der Waals surface area (Å²) < 4.78 is 1.99. The molecule has 1 atom stereocenters. The van der Waals surface area contributed by atoms with E-state index >= 15 is 0 Å². The summed E-state index contributed by atoms with van der Waals surface area (Å²) in [6.45, 7) is 4.17. The van der Waals surface area contributed by atoms with E-state index in [1.807, 2.05) is 16.5 Å². The van der Waals surface area contributed by atoms with Crippen LogP contribution >= 0.6 is 11.8 Å². The van der Waals surface area contributed by atoms with Gasteiger partial charge in [0.25, 0.3) is 0 Å². The normalized spacial score (nSPS) is 16.9. The topological polar surface area (TPSA) is 51.0 Å². The molecule has 24 heavy (non-hydrogen) atoms. The Morgan fingerprint density at radius 1 is 1.42 bits per heavy atom. The van der Waals surface area contributed by atoms with Gasteiger partial charge in [0.1, 0.15) is 6.33 Å². The Morgan fingerprint density at radius 2 is 2.21 bits per heavy atom. The summed E-state index contributed by atoms with van der Waals surface area (Å²) in [6, 6.07) is 8.96. The summed E-state index contributed by atoms with van der Waals surface area (Å²) >= 11 is 1.46. The SMILES string of the molecule is CC(C)n1cnnc1SCC(=O)N(C)C1CCCc2ccccc21. The predicted octanol–water partition coefficient (Wildman–Crippen LogP) is 3.49. The van der Waals surface area contributed by atoms with E-state index in [1.165, 1.54) is 22.9 Å². The van der Waals surface area contributed by atoms with Crippen molar-refractivity contribution in [2.75, 3.05) is 12.8 Å². The molecule has 0 aliphatic heterocycles. The molecule has 0 spiro atoms. The molecule has 1 heterocycles. The highest BCUT2D eigenvalue weighted by molar-refractivity contribution is 7.99. The van der Waals surface area contributed by atoms with Gasteiger partial charge in [0.05, 0.1) is 11.8 Å². The molecule has 128 valence electrons. The van der Waals surface area contributed by atoms with Crippen molar-refractivity contribution >= 4 is 17.7 Å². The number of nitrogens with zero attached hydrogens (tertiary/aromatic N) is 4. The Morgan fingerprint density at radius 3 is 3.00 bits per heavy atom. The fourth-order valence-corrected chi connectivity index (χ4v) is 4.19. The molecule has 1 aliphatic rings. The second-order valence-corrected chi connectivity index (χ2v) is 7.46. The number of aromatic nitrogens is 3. The Hall–Kier alpha value is -1.82. The van der Waals surface area contributed by atoms with Crippen LogP contribution in [0.2, 0.25) is 0 Å². The molecule has 1 aliphatic carbocycles. The van der Waals surface area contributed by atoms with Gasteiger partial charge in [-0.25, -0.2) is 0 Å². The van der Waals surface area contributed by atoms with Crippen molar-refractivity contribution in [2.24, 2.45) is 0 Å². The lowest BCUT2D eigenvalue weighted by molar-refractivity contribution is -0.129. The van der Waals surface area contributed by atoms with E-state index in [1.54, 1.807) is 6.33 Å². The standard InChI is InChI=1S/C18H24N4OS/c1-13(2)22-12-19-20-18(22)24-11-17(23)21(3)16-10-6-8-14-7-4-5-9-15(14)16/h4-5,7,9,12-13,16H,6,8,10-11H2,1-3H3. The van der Waals surface area contributed by atoms with Crippen LogP contribution in [0, 0.1) is 0 Å². The monoisotopic (exact) mass is 344 g/mol. The van der Waals surface area contributed by atoms with Gasteiger partial charge in [0.15, 0.2) is 5.16 Å². The minimum absolute atomic E-state index is 0.139. The van der Waals surface area contributed by atoms with Gasteiger partial charge >= 0.3 is 0 Å². The third-order valence-corrected chi connectivity index (χ3v) is 5.56. The maximum absolute atomic E-state index is 12.7. The number of thioether (sulfide) groups is 1. The van der Waals surface area contributed by atoms with E-state index in [9.17, 15) is 4.79 Å². The number of benzene rings is 1. The molecule has 0 N–H and O–H groups in total. The molecule has 1 aromatic heterocycles. The van der Waals surface area contributed by atoms with E-state index in [-0.39, 0.29) is 11.9 Å². The minimum Gasteiger partial charge on any atom is -0.338 e. The zero-order valence-corrected chi connectivity index (χ0v) is 15.3. The summed E-state index contributed by atoms with van der Waals surface area (Å²) in [5.41, 5.74) is 2.68. The van der Waals surface area contributed by atoms with E-state index < -0.39 is 0 Å². The molecular formula is C18H24N4OS. The summed E-state index contributed by atoms with van der Waals surface area (Å²) in [6.07, 6.45) is 5.00. The summed E-state index contributed by atoms with van der Waals surface area (Å²) in [5, 5.41) is 8.88. The molecule has 5 nitrogen and oxygen atoms in total. The van der Waals surface area contributed by atoms with Crippen molar-refractivity contribution in [1.29, 1.82) is 0 Å². The van der Waals surface area contributed by atoms with E-state index in [0.717, 1.165) is 24.4 Å². The fraction of sp³-hybridized carbons (Fsp3) is 0.500. The molecule has 0 saturated carbocycles. The Balaban J connectivity index is 1.66. The number of rotatable bonds is 5. The van der Waals surface area contributed by atoms with Crippen LogP contribution in [0.15, 0.2) is 35.7 Å². The molecule has 0 radical (unpaired) electrons. The maximum atomic E-state index is 12.7. The van der Waals surface area contributed by atoms with Crippen LogP contribution in [0.25, 0.3) is 0 Å². The molecule has 0 fully saturated rings. The number of hydrogen-bond acceptors (Lipinski definition) is 4. The fourth-order valence-electron chi connectivity index (χ4n) is 3.22. The van der Waals surface area contributed by atoms with Crippen LogP contribution in [0.4, 0.5) is 0 Å². The highest BCUT2D eigenvalue weighted by atomic mass is 32.2. The molecule has 0 saturated heterocycles. The van der Waals surface area contributed by atoms with Gasteiger partial charge in [-0.1, -0.05) is 36.0 Å². The minimum atomic E-state index is 0.139. The van der Waals surface area contributed by atoms with Gasteiger partial charge in [-0.05, 0) is 44.2 Å². The molecule has 6 heteroatoms. The number of carbonyl (C=O) groups excluding carboxylic acids is 1. The quantitative estimate of drug-likeness (QED) is 0.779. The average Bonchev–Trinajstić information content (AvgIpc) is 3.07. The zero-order chi connectivity index (χ0) is 17.1.